The summed E-state index contributed by atoms with van der Waals surface area (Å²) >= 11 is 0. The van der Waals surface area contributed by atoms with Crippen molar-refractivity contribution >= 4 is 11.8 Å². The van der Waals surface area contributed by atoms with Gasteiger partial charge in [-0.1, -0.05) is 26.7 Å². The molecule has 6 nitrogen and oxygen atoms in total. The van der Waals surface area contributed by atoms with Crippen LogP contribution < -0.4 is 10.6 Å². The van der Waals surface area contributed by atoms with Gasteiger partial charge in [-0.15, -0.1) is 0 Å². The van der Waals surface area contributed by atoms with E-state index in [-0.39, 0.29) is 24.1 Å². The third-order valence-electron chi connectivity index (χ3n) is 4.11. The average Bonchev–Trinajstić information content (AvgIpc) is 3.13. The molecule has 0 bridgehead atoms. The highest BCUT2D eigenvalue weighted by molar-refractivity contribution is 5.95. The van der Waals surface area contributed by atoms with Crippen molar-refractivity contribution < 1.29 is 19.1 Å². The van der Waals surface area contributed by atoms with Gasteiger partial charge in [0, 0.05) is 6.54 Å². The first-order valence-electron chi connectivity index (χ1n) is 7.76. The van der Waals surface area contributed by atoms with E-state index in [0.29, 0.717) is 12.8 Å². The molecule has 2 amide bonds. The van der Waals surface area contributed by atoms with Crippen LogP contribution in [0.25, 0.3) is 0 Å². The molecule has 22 heavy (non-hydrogen) atoms. The van der Waals surface area contributed by atoms with E-state index in [1.807, 2.05) is 13.8 Å². The van der Waals surface area contributed by atoms with Crippen LogP contribution in [-0.2, 0) is 4.79 Å². The normalized spacial score (nSPS) is 18.2. The highest BCUT2D eigenvalue weighted by atomic mass is 16.3. The molecule has 1 aliphatic carbocycles. The lowest BCUT2D eigenvalue weighted by atomic mass is 10.0. The molecular formula is C16H24N2O4. The number of nitrogens with one attached hydrogen (secondary N) is 2. The Morgan fingerprint density at radius 3 is 2.59 bits per heavy atom. The van der Waals surface area contributed by atoms with Crippen LogP contribution in [-0.4, -0.2) is 35.1 Å². The molecule has 1 fully saturated rings. The molecule has 1 unspecified atom stereocenters. The van der Waals surface area contributed by atoms with Crippen LogP contribution in [0.5, 0.6) is 0 Å². The zero-order chi connectivity index (χ0) is 16.2. The fourth-order valence-corrected chi connectivity index (χ4v) is 2.73. The Morgan fingerprint density at radius 2 is 2.05 bits per heavy atom. The number of carbonyl (C=O) groups excluding carboxylic acids is 2. The number of hydrogen-bond acceptors (Lipinski definition) is 4. The van der Waals surface area contributed by atoms with E-state index in [9.17, 15) is 14.7 Å². The highest BCUT2D eigenvalue weighted by Crippen LogP contribution is 2.28. The molecule has 0 aliphatic heterocycles. The molecule has 1 aromatic rings. The molecule has 122 valence electrons. The van der Waals surface area contributed by atoms with Gasteiger partial charge in [0.25, 0.3) is 5.91 Å². The minimum Gasteiger partial charge on any atom is -0.459 e. The fourth-order valence-electron chi connectivity index (χ4n) is 2.73. The Morgan fingerprint density at radius 1 is 1.36 bits per heavy atom. The van der Waals surface area contributed by atoms with Crippen molar-refractivity contribution in [1.29, 1.82) is 0 Å². The van der Waals surface area contributed by atoms with Crippen LogP contribution in [0.15, 0.2) is 22.8 Å². The second kappa shape index (κ2) is 6.96. The Kier molecular flexibility index (Phi) is 5.24. The molecule has 0 saturated heterocycles. The predicted octanol–water partition coefficient (Wildman–Crippen LogP) is 1.46. The molecule has 0 spiro atoms. The summed E-state index contributed by atoms with van der Waals surface area (Å²) in [6, 6.07) is 2.50. The summed E-state index contributed by atoms with van der Waals surface area (Å²) in [7, 11) is 0. The molecule has 3 N–H and O–H groups in total. The van der Waals surface area contributed by atoms with Gasteiger partial charge < -0.3 is 20.2 Å². The van der Waals surface area contributed by atoms with Crippen LogP contribution in [0, 0.1) is 5.92 Å². The van der Waals surface area contributed by atoms with E-state index in [1.54, 1.807) is 12.1 Å². The quantitative estimate of drug-likeness (QED) is 0.742. The third-order valence-corrected chi connectivity index (χ3v) is 4.11. The van der Waals surface area contributed by atoms with Crippen molar-refractivity contribution in [3.05, 3.63) is 24.2 Å². The molecule has 6 heteroatoms. The molecule has 1 aromatic heterocycles. The summed E-state index contributed by atoms with van der Waals surface area (Å²) in [6.07, 6.45) is 4.79. The number of furan rings is 1. The average molecular weight is 308 g/mol. The van der Waals surface area contributed by atoms with Gasteiger partial charge in [0.1, 0.15) is 6.04 Å². The summed E-state index contributed by atoms with van der Waals surface area (Å²) < 4.78 is 5.03. The molecule has 2 rings (SSSR count). The van der Waals surface area contributed by atoms with E-state index in [4.69, 9.17) is 4.42 Å². The first-order valence-corrected chi connectivity index (χ1v) is 7.76. The van der Waals surface area contributed by atoms with Crippen molar-refractivity contribution in [3.8, 4) is 0 Å². The van der Waals surface area contributed by atoms with E-state index >= 15 is 0 Å². The van der Waals surface area contributed by atoms with Gasteiger partial charge in [-0.05, 0) is 30.9 Å². The molecule has 1 heterocycles. The van der Waals surface area contributed by atoms with Crippen LogP contribution in [0.1, 0.15) is 50.1 Å². The van der Waals surface area contributed by atoms with Gasteiger partial charge in [-0.25, -0.2) is 0 Å². The lowest BCUT2D eigenvalue weighted by Crippen LogP contribution is -2.52. The minimum absolute atomic E-state index is 0.0721. The van der Waals surface area contributed by atoms with Gasteiger partial charge in [0.05, 0.1) is 11.9 Å². The van der Waals surface area contributed by atoms with Crippen LogP contribution in [0.3, 0.4) is 0 Å². The third kappa shape index (κ3) is 4.10. The molecule has 1 aliphatic rings. The number of rotatable bonds is 6. The van der Waals surface area contributed by atoms with Crippen LogP contribution in [0.2, 0.25) is 0 Å². The molecular weight excluding hydrogens is 284 g/mol. The van der Waals surface area contributed by atoms with Gasteiger partial charge in [-0.3, -0.25) is 9.59 Å². The minimum atomic E-state index is -0.803. The SMILES string of the molecule is CC(C)C(NC(=O)c1ccco1)C(=O)NCC1(O)CCCC1. The Balaban J connectivity index is 1.92. The zero-order valence-electron chi connectivity index (χ0n) is 13.1. The van der Waals surface area contributed by atoms with Crippen molar-refractivity contribution in [1.82, 2.24) is 10.6 Å². The summed E-state index contributed by atoms with van der Waals surface area (Å²) in [5.41, 5.74) is -0.803. The zero-order valence-corrected chi connectivity index (χ0v) is 13.1. The molecule has 0 radical (unpaired) electrons. The smallest absolute Gasteiger partial charge is 0.287 e. The number of amides is 2. The lowest BCUT2D eigenvalue weighted by molar-refractivity contribution is -0.125. The predicted molar refractivity (Wildman–Crippen MR) is 81.2 cm³/mol. The standard InChI is InChI=1S/C16H24N2O4/c1-11(2)13(18-14(19)12-6-5-9-22-12)15(20)17-10-16(21)7-3-4-8-16/h5-6,9,11,13,21H,3-4,7-8,10H2,1-2H3,(H,17,20)(H,18,19). The van der Waals surface area contributed by atoms with E-state index in [1.165, 1.54) is 6.26 Å². The summed E-state index contributed by atoms with van der Waals surface area (Å²) in [5.74, 6) is -0.598. The lowest BCUT2D eigenvalue weighted by Gasteiger charge is -2.26. The Hall–Kier alpha value is -1.82. The van der Waals surface area contributed by atoms with E-state index in [2.05, 4.69) is 10.6 Å². The largest absolute Gasteiger partial charge is 0.459 e. The van der Waals surface area contributed by atoms with Gasteiger partial charge >= 0.3 is 0 Å². The van der Waals surface area contributed by atoms with E-state index < -0.39 is 17.6 Å². The maximum atomic E-state index is 12.3. The number of hydrogen-bond donors (Lipinski definition) is 3. The van der Waals surface area contributed by atoms with Crippen molar-refractivity contribution in [3.63, 3.8) is 0 Å². The van der Waals surface area contributed by atoms with E-state index in [0.717, 1.165) is 12.8 Å². The van der Waals surface area contributed by atoms with Crippen molar-refractivity contribution in [2.75, 3.05) is 6.54 Å². The molecule has 1 atom stereocenters. The summed E-state index contributed by atoms with van der Waals surface area (Å²) in [4.78, 5) is 24.3. The maximum Gasteiger partial charge on any atom is 0.287 e. The van der Waals surface area contributed by atoms with Crippen molar-refractivity contribution in [2.45, 2.75) is 51.2 Å². The van der Waals surface area contributed by atoms with Crippen molar-refractivity contribution in [2.24, 2.45) is 5.92 Å². The fraction of sp³-hybridized carbons (Fsp3) is 0.625. The van der Waals surface area contributed by atoms with Gasteiger partial charge in [0.15, 0.2) is 5.76 Å². The molecule has 0 aromatic carbocycles. The van der Waals surface area contributed by atoms with Gasteiger partial charge in [-0.2, -0.15) is 0 Å². The second-order valence-corrected chi connectivity index (χ2v) is 6.32. The number of aliphatic hydroxyl groups is 1. The Labute approximate surface area is 130 Å². The molecule has 1 saturated carbocycles. The highest BCUT2D eigenvalue weighted by Gasteiger charge is 2.33. The van der Waals surface area contributed by atoms with Gasteiger partial charge in [0.2, 0.25) is 5.91 Å². The summed E-state index contributed by atoms with van der Waals surface area (Å²) in [5, 5.41) is 15.7. The number of carbonyl (C=O) groups is 2. The Bertz CT molecular complexity index is 504. The monoisotopic (exact) mass is 308 g/mol. The second-order valence-electron chi connectivity index (χ2n) is 6.32. The van der Waals surface area contributed by atoms with Crippen LogP contribution >= 0.6 is 0 Å². The topological polar surface area (TPSA) is 91.6 Å². The first kappa shape index (κ1) is 16.5. The maximum absolute atomic E-state index is 12.3. The van der Waals surface area contributed by atoms with Crippen LogP contribution in [0.4, 0.5) is 0 Å². The summed E-state index contributed by atoms with van der Waals surface area (Å²) in [6.45, 7) is 3.94. The first-order chi connectivity index (χ1) is 10.4.